The fourth-order valence-electron chi connectivity index (χ4n) is 4.10. The summed E-state index contributed by atoms with van der Waals surface area (Å²) in [4.78, 5) is 29.2. The predicted molar refractivity (Wildman–Crippen MR) is 138 cm³/mol. The molecule has 0 atom stereocenters. The second kappa shape index (κ2) is 10.1. The van der Waals surface area contributed by atoms with Gasteiger partial charge in [0.2, 0.25) is 0 Å². The van der Waals surface area contributed by atoms with Crippen LogP contribution in [0.4, 0.5) is 11.4 Å². The van der Waals surface area contributed by atoms with Gasteiger partial charge in [-0.2, -0.15) is 0 Å². The zero-order valence-electron chi connectivity index (χ0n) is 19.5. The average Bonchev–Trinajstić information content (AvgIpc) is 3.27. The summed E-state index contributed by atoms with van der Waals surface area (Å²) in [5.74, 6) is 0.821. The molecular weight excluding hydrogens is 480 g/mol. The number of aromatic amines is 1. The van der Waals surface area contributed by atoms with Gasteiger partial charge in [0.05, 0.1) is 64.7 Å². The number of pyridine rings is 1. The Morgan fingerprint density at radius 2 is 2.11 bits per heavy atom. The van der Waals surface area contributed by atoms with Crippen molar-refractivity contribution in [2.75, 3.05) is 19.0 Å². The number of amides is 1. The van der Waals surface area contributed by atoms with E-state index in [0.717, 1.165) is 11.3 Å². The Bertz CT molecular complexity index is 1450. The van der Waals surface area contributed by atoms with Crippen molar-refractivity contribution in [2.24, 2.45) is 0 Å². The lowest BCUT2D eigenvalue weighted by atomic mass is 10.0. The molecule has 182 valence electrons. The highest BCUT2D eigenvalue weighted by atomic mass is 35.5. The lowest BCUT2D eigenvalue weighted by molar-refractivity contribution is 0.0947. The third-order valence-corrected chi connectivity index (χ3v) is 6.04. The minimum Gasteiger partial charge on any atom is -0.493 e. The number of rotatable bonds is 8. The molecule has 0 saturated carbocycles. The Hall–Kier alpha value is -4.37. The van der Waals surface area contributed by atoms with Gasteiger partial charge in [-0.3, -0.25) is 14.8 Å². The standard InChI is InChI=1S/C26H23ClN6O3/c1-3-15-11-29-12-16(31-15)14-36-21-13-28-9-7-17(21)23-24(22-19(32-23)8-10-30-26(22)34)33-20-6-4-5-18(27)25(20)35-2/h3-7,9,11-13,32-33H,1,8,10,14H2,2H3,(H,30,34). The van der Waals surface area contributed by atoms with Crippen molar-refractivity contribution in [3.8, 4) is 22.8 Å². The van der Waals surface area contributed by atoms with Gasteiger partial charge < -0.3 is 25.1 Å². The summed E-state index contributed by atoms with van der Waals surface area (Å²) in [6.07, 6.45) is 8.85. The van der Waals surface area contributed by atoms with Crippen LogP contribution in [0.1, 0.15) is 27.4 Å². The maximum absolute atomic E-state index is 12.9. The number of nitrogens with one attached hydrogen (secondary N) is 3. The highest BCUT2D eigenvalue weighted by Gasteiger charge is 2.28. The Balaban J connectivity index is 1.57. The second-order valence-corrected chi connectivity index (χ2v) is 8.39. The molecule has 1 aliphatic heterocycles. The lowest BCUT2D eigenvalue weighted by Gasteiger charge is -2.17. The number of para-hydroxylation sites is 1. The number of fused-ring (bicyclic) bond motifs is 1. The molecule has 5 rings (SSSR count). The summed E-state index contributed by atoms with van der Waals surface area (Å²) in [7, 11) is 1.55. The second-order valence-electron chi connectivity index (χ2n) is 7.98. The van der Waals surface area contributed by atoms with Crippen molar-refractivity contribution in [2.45, 2.75) is 13.0 Å². The first-order valence-corrected chi connectivity index (χ1v) is 11.6. The number of aromatic nitrogens is 4. The molecule has 1 aromatic carbocycles. The maximum Gasteiger partial charge on any atom is 0.255 e. The molecule has 36 heavy (non-hydrogen) atoms. The zero-order valence-corrected chi connectivity index (χ0v) is 20.2. The molecule has 0 spiro atoms. The van der Waals surface area contributed by atoms with E-state index in [-0.39, 0.29) is 12.5 Å². The molecule has 4 aromatic rings. The van der Waals surface area contributed by atoms with E-state index < -0.39 is 0 Å². The molecule has 1 amide bonds. The number of hydrogen-bond acceptors (Lipinski definition) is 7. The first-order chi connectivity index (χ1) is 17.6. The molecule has 3 aromatic heterocycles. The number of benzene rings is 1. The lowest BCUT2D eigenvalue weighted by Crippen LogP contribution is -2.31. The van der Waals surface area contributed by atoms with Crippen molar-refractivity contribution in [3.63, 3.8) is 0 Å². The smallest absolute Gasteiger partial charge is 0.255 e. The van der Waals surface area contributed by atoms with Gasteiger partial charge in [-0.05, 0) is 24.3 Å². The molecule has 0 fully saturated rings. The first-order valence-electron chi connectivity index (χ1n) is 11.2. The van der Waals surface area contributed by atoms with Gasteiger partial charge >= 0.3 is 0 Å². The number of carbonyl (C=O) groups is 1. The number of halogens is 1. The first kappa shape index (κ1) is 23.4. The summed E-state index contributed by atoms with van der Waals surface area (Å²) >= 11 is 6.35. The largest absolute Gasteiger partial charge is 0.493 e. The van der Waals surface area contributed by atoms with E-state index >= 15 is 0 Å². The maximum atomic E-state index is 12.9. The highest BCUT2D eigenvalue weighted by molar-refractivity contribution is 6.32. The van der Waals surface area contributed by atoms with Crippen molar-refractivity contribution < 1.29 is 14.3 Å². The number of ether oxygens (including phenoxy) is 2. The van der Waals surface area contributed by atoms with E-state index in [1.54, 1.807) is 44.0 Å². The monoisotopic (exact) mass is 502 g/mol. The van der Waals surface area contributed by atoms with E-state index in [2.05, 4.69) is 37.1 Å². The minimum absolute atomic E-state index is 0.171. The van der Waals surface area contributed by atoms with E-state index in [9.17, 15) is 4.79 Å². The molecule has 10 heteroatoms. The molecule has 3 N–H and O–H groups in total. The summed E-state index contributed by atoms with van der Waals surface area (Å²) in [5, 5.41) is 6.75. The van der Waals surface area contributed by atoms with Crippen molar-refractivity contribution in [3.05, 3.63) is 83.3 Å². The van der Waals surface area contributed by atoms with E-state index in [1.807, 2.05) is 18.2 Å². The van der Waals surface area contributed by atoms with Gasteiger partial charge in [0.25, 0.3) is 5.91 Å². The summed E-state index contributed by atoms with van der Waals surface area (Å²) in [5.41, 5.74) is 5.29. The quantitative estimate of drug-likeness (QED) is 0.317. The Kier molecular flexibility index (Phi) is 6.55. The van der Waals surface area contributed by atoms with Gasteiger partial charge in [-0.15, -0.1) is 0 Å². The van der Waals surface area contributed by atoms with Crippen LogP contribution in [-0.4, -0.2) is 39.5 Å². The third kappa shape index (κ3) is 4.48. The van der Waals surface area contributed by atoms with Crippen LogP contribution in [0.25, 0.3) is 17.3 Å². The number of methoxy groups -OCH3 is 1. The number of nitrogens with zero attached hydrogens (tertiary/aromatic N) is 3. The topological polar surface area (TPSA) is 114 Å². The van der Waals surface area contributed by atoms with Crippen molar-refractivity contribution in [1.29, 1.82) is 0 Å². The van der Waals surface area contributed by atoms with Crippen LogP contribution in [0.5, 0.6) is 11.5 Å². The Labute approximate surface area is 212 Å². The Morgan fingerprint density at radius 3 is 2.94 bits per heavy atom. The van der Waals surface area contributed by atoms with Crippen molar-refractivity contribution in [1.82, 2.24) is 25.3 Å². The Morgan fingerprint density at radius 1 is 1.22 bits per heavy atom. The third-order valence-electron chi connectivity index (χ3n) is 5.74. The molecular formula is C26H23ClN6O3. The van der Waals surface area contributed by atoms with Crippen LogP contribution in [-0.2, 0) is 13.0 Å². The molecule has 1 aliphatic rings. The van der Waals surface area contributed by atoms with Crippen LogP contribution in [0, 0.1) is 0 Å². The SMILES string of the molecule is C=Cc1cncc(COc2cnccc2-c2[nH]c3c(c2Nc2cccc(Cl)c2OC)C(=O)NCC3)n1. The number of carbonyl (C=O) groups excluding carboxylic acids is 1. The van der Waals surface area contributed by atoms with Crippen LogP contribution >= 0.6 is 11.6 Å². The summed E-state index contributed by atoms with van der Waals surface area (Å²) < 4.78 is 11.6. The predicted octanol–water partition coefficient (Wildman–Crippen LogP) is 4.78. The average molecular weight is 503 g/mol. The number of hydrogen-bond donors (Lipinski definition) is 3. The van der Waals surface area contributed by atoms with Gasteiger partial charge in [-0.25, -0.2) is 4.98 Å². The summed E-state index contributed by atoms with van der Waals surface area (Å²) in [6.45, 7) is 4.45. The minimum atomic E-state index is -0.171. The van der Waals surface area contributed by atoms with Gasteiger partial charge in [0, 0.05) is 30.4 Å². The van der Waals surface area contributed by atoms with Crippen LogP contribution in [0.3, 0.4) is 0 Å². The normalized spacial score (nSPS) is 12.4. The molecule has 4 heterocycles. The van der Waals surface area contributed by atoms with E-state index in [1.165, 1.54) is 0 Å². The van der Waals surface area contributed by atoms with Gasteiger partial charge in [0.1, 0.15) is 12.4 Å². The molecule has 0 aliphatic carbocycles. The van der Waals surface area contributed by atoms with E-state index in [4.69, 9.17) is 21.1 Å². The fourth-order valence-corrected chi connectivity index (χ4v) is 4.35. The highest BCUT2D eigenvalue weighted by Crippen LogP contribution is 2.42. The zero-order chi connectivity index (χ0) is 25.1. The molecule has 0 saturated heterocycles. The van der Waals surface area contributed by atoms with Crippen LogP contribution in [0.15, 0.2) is 55.6 Å². The fraction of sp³-hybridized carbons (Fsp3) is 0.154. The van der Waals surface area contributed by atoms with E-state index in [0.29, 0.717) is 63.5 Å². The molecule has 0 radical (unpaired) electrons. The van der Waals surface area contributed by atoms with Gasteiger partial charge in [-0.1, -0.05) is 24.2 Å². The summed E-state index contributed by atoms with van der Waals surface area (Å²) in [6, 6.07) is 7.22. The van der Waals surface area contributed by atoms with Gasteiger partial charge in [0.15, 0.2) is 5.75 Å². The molecule has 9 nitrogen and oxygen atoms in total. The molecule has 0 bridgehead atoms. The van der Waals surface area contributed by atoms with Crippen LogP contribution < -0.4 is 20.1 Å². The van der Waals surface area contributed by atoms with Crippen molar-refractivity contribution >= 4 is 35.0 Å². The molecule has 0 unspecified atom stereocenters. The van der Waals surface area contributed by atoms with Crippen LogP contribution in [0.2, 0.25) is 5.02 Å². The number of anilines is 2. The number of H-pyrrole nitrogens is 1.